The molecule has 0 aromatic rings. The van der Waals surface area contributed by atoms with Gasteiger partial charge in [0.1, 0.15) is 0 Å². The molecule has 26 heavy (non-hydrogen) atoms. The van der Waals surface area contributed by atoms with Gasteiger partial charge in [-0.2, -0.15) is 0 Å². The minimum atomic E-state index is -0.293. The lowest BCUT2D eigenvalue weighted by molar-refractivity contribution is -0.164. The zero-order chi connectivity index (χ0) is 18.4. The lowest BCUT2D eigenvalue weighted by Crippen LogP contribution is -2.42. The molecule has 1 spiro atoms. The highest BCUT2D eigenvalue weighted by Crippen LogP contribution is 2.59. The van der Waals surface area contributed by atoms with Gasteiger partial charge >= 0.3 is 0 Å². The van der Waals surface area contributed by atoms with Crippen LogP contribution in [0.3, 0.4) is 0 Å². The lowest BCUT2D eigenvalue weighted by Gasteiger charge is -2.48. The first-order valence-corrected chi connectivity index (χ1v) is 10.3. The fourth-order valence-electron chi connectivity index (χ4n) is 6.27. The number of allylic oxidation sites excluding steroid dienone is 3. The van der Waals surface area contributed by atoms with Crippen LogP contribution in [-0.4, -0.2) is 30.2 Å². The van der Waals surface area contributed by atoms with E-state index in [0.717, 1.165) is 45.3 Å². The summed E-state index contributed by atoms with van der Waals surface area (Å²) in [4.78, 5) is 0. The predicted octanol–water partition coefficient (Wildman–Crippen LogP) is 4.37. The molecule has 5 rings (SSSR count). The zero-order valence-corrected chi connectivity index (χ0v) is 16.2. The van der Waals surface area contributed by atoms with Crippen molar-refractivity contribution < 1.29 is 14.6 Å². The topological polar surface area (TPSA) is 38.7 Å². The molecule has 0 aromatic carbocycles. The third-order valence-electron chi connectivity index (χ3n) is 7.59. The second kappa shape index (κ2) is 6.82. The summed E-state index contributed by atoms with van der Waals surface area (Å²) < 4.78 is 11.9. The maximum absolute atomic E-state index is 10.5. The summed E-state index contributed by atoms with van der Waals surface area (Å²) in [6.07, 6.45) is 15.8. The van der Waals surface area contributed by atoms with E-state index >= 15 is 0 Å². The fourth-order valence-corrected chi connectivity index (χ4v) is 6.27. The van der Waals surface area contributed by atoms with E-state index in [4.69, 9.17) is 9.47 Å². The molecular weight excluding hydrogens is 324 g/mol. The zero-order valence-electron chi connectivity index (χ0n) is 16.2. The molecule has 142 valence electrons. The Morgan fingerprint density at radius 2 is 1.92 bits per heavy atom. The van der Waals surface area contributed by atoms with E-state index in [0.29, 0.717) is 11.8 Å². The summed E-state index contributed by atoms with van der Waals surface area (Å²) in [6.45, 7) is 5.49. The molecular formula is C23H32O3. The number of terminal acetylenes is 1. The average molecular weight is 357 g/mol. The van der Waals surface area contributed by atoms with Crippen molar-refractivity contribution in [2.24, 2.45) is 17.3 Å². The third-order valence-corrected chi connectivity index (χ3v) is 7.59. The maximum atomic E-state index is 10.5. The summed E-state index contributed by atoms with van der Waals surface area (Å²) in [5.74, 6) is 3.32. The average Bonchev–Trinajstić information content (AvgIpc) is 3.20. The first-order chi connectivity index (χ1) is 12.5. The van der Waals surface area contributed by atoms with Crippen LogP contribution in [0, 0.1) is 29.6 Å². The van der Waals surface area contributed by atoms with Crippen molar-refractivity contribution in [3.05, 3.63) is 22.8 Å². The molecule has 0 bridgehead atoms. The monoisotopic (exact) mass is 356 g/mol. The predicted molar refractivity (Wildman–Crippen MR) is 102 cm³/mol. The van der Waals surface area contributed by atoms with Gasteiger partial charge in [0.25, 0.3) is 0 Å². The van der Waals surface area contributed by atoms with Crippen LogP contribution < -0.4 is 0 Å². The van der Waals surface area contributed by atoms with Gasteiger partial charge in [-0.05, 0) is 68.4 Å². The standard InChI is InChI=1S/C20H28O3.C3H4/c1-19-8-6-15-14-7-9-20(22-10-11-23-20)12-13(14)2-3-16(15)17(19)4-5-18(19)21;1-3-2/h6,16-18,21H,2-5,7-12H2,1H3;1H,2H3. The van der Waals surface area contributed by atoms with Crippen LogP contribution in [0.25, 0.3) is 0 Å². The third kappa shape index (κ3) is 2.78. The molecule has 0 radical (unpaired) electrons. The van der Waals surface area contributed by atoms with E-state index in [-0.39, 0.29) is 17.3 Å². The van der Waals surface area contributed by atoms with Gasteiger partial charge in [-0.25, -0.2) is 0 Å². The number of rotatable bonds is 0. The molecule has 4 atom stereocenters. The number of hydrogen-bond acceptors (Lipinski definition) is 3. The van der Waals surface area contributed by atoms with E-state index in [9.17, 15) is 5.11 Å². The first-order valence-electron chi connectivity index (χ1n) is 10.3. The van der Waals surface area contributed by atoms with Crippen molar-refractivity contribution in [1.29, 1.82) is 0 Å². The lowest BCUT2D eigenvalue weighted by atomic mass is 9.58. The van der Waals surface area contributed by atoms with Crippen molar-refractivity contribution >= 4 is 0 Å². The first kappa shape index (κ1) is 18.3. The molecule has 1 N–H and O–H groups in total. The van der Waals surface area contributed by atoms with Gasteiger partial charge in [-0.15, -0.1) is 12.3 Å². The quantitative estimate of drug-likeness (QED) is 0.655. The van der Waals surface area contributed by atoms with Gasteiger partial charge in [0, 0.05) is 18.3 Å². The smallest absolute Gasteiger partial charge is 0.172 e. The molecule has 0 aromatic heterocycles. The van der Waals surface area contributed by atoms with Crippen LogP contribution in [0.1, 0.15) is 65.2 Å². The fraction of sp³-hybridized carbons (Fsp3) is 0.739. The van der Waals surface area contributed by atoms with Crippen molar-refractivity contribution in [2.75, 3.05) is 13.2 Å². The molecule has 1 saturated heterocycles. The highest BCUT2D eigenvalue weighted by atomic mass is 16.7. The molecule has 3 heteroatoms. The van der Waals surface area contributed by atoms with Crippen LogP contribution in [0.5, 0.6) is 0 Å². The van der Waals surface area contributed by atoms with Crippen molar-refractivity contribution in [3.63, 3.8) is 0 Å². The molecule has 1 aliphatic heterocycles. The highest BCUT2D eigenvalue weighted by Gasteiger charge is 2.53. The Morgan fingerprint density at radius 1 is 1.19 bits per heavy atom. The summed E-state index contributed by atoms with van der Waals surface area (Å²) in [5.41, 5.74) is 4.99. The van der Waals surface area contributed by atoms with Crippen molar-refractivity contribution in [2.45, 2.75) is 77.1 Å². The normalized spacial score (nSPS) is 39.9. The Kier molecular flexibility index (Phi) is 4.80. The van der Waals surface area contributed by atoms with Crippen LogP contribution in [0.15, 0.2) is 22.8 Å². The van der Waals surface area contributed by atoms with Crippen LogP contribution >= 0.6 is 0 Å². The summed E-state index contributed by atoms with van der Waals surface area (Å²) >= 11 is 0. The molecule has 5 aliphatic rings. The number of ether oxygens (including phenoxy) is 2. The van der Waals surface area contributed by atoms with E-state index in [1.165, 1.54) is 19.3 Å². The van der Waals surface area contributed by atoms with E-state index < -0.39 is 0 Å². The van der Waals surface area contributed by atoms with Crippen molar-refractivity contribution in [1.82, 2.24) is 0 Å². The molecule has 0 amide bonds. The van der Waals surface area contributed by atoms with E-state index in [1.54, 1.807) is 23.6 Å². The van der Waals surface area contributed by atoms with Crippen LogP contribution in [0.2, 0.25) is 0 Å². The summed E-state index contributed by atoms with van der Waals surface area (Å²) in [6, 6.07) is 0. The van der Waals surface area contributed by atoms with Crippen LogP contribution in [0.4, 0.5) is 0 Å². The van der Waals surface area contributed by atoms with Gasteiger partial charge in [-0.3, -0.25) is 0 Å². The Bertz CT molecular complexity index is 661. The largest absolute Gasteiger partial charge is 0.393 e. The van der Waals surface area contributed by atoms with Crippen molar-refractivity contribution in [3.8, 4) is 12.3 Å². The second-order valence-electron chi connectivity index (χ2n) is 8.87. The van der Waals surface area contributed by atoms with Crippen LogP contribution in [-0.2, 0) is 9.47 Å². The van der Waals surface area contributed by atoms with Gasteiger partial charge in [0.2, 0.25) is 0 Å². The maximum Gasteiger partial charge on any atom is 0.172 e. The summed E-state index contributed by atoms with van der Waals surface area (Å²) in [5, 5.41) is 10.5. The Balaban J connectivity index is 0.000000527. The van der Waals surface area contributed by atoms with Gasteiger partial charge < -0.3 is 14.6 Å². The van der Waals surface area contributed by atoms with Gasteiger partial charge in [0.15, 0.2) is 5.79 Å². The molecule has 1 saturated carbocycles. The molecule has 2 fully saturated rings. The Labute approximate surface area is 157 Å². The minimum absolute atomic E-state index is 0.101. The number of aliphatic hydroxyl groups excluding tert-OH is 1. The molecule has 4 unspecified atom stereocenters. The molecule has 4 aliphatic carbocycles. The SMILES string of the molecule is C#CC.CC12CC=C3C4=C(CCC3C1CCC2O)CC1(CC4)OCCO1. The highest BCUT2D eigenvalue weighted by molar-refractivity contribution is 5.44. The molecule has 3 nitrogen and oxygen atoms in total. The minimum Gasteiger partial charge on any atom is -0.393 e. The molecule has 1 heterocycles. The Morgan fingerprint density at radius 3 is 2.65 bits per heavy atom. The van der Waals surface area contributed by atoms with Gasteiger partial charge in [-0.1, -0.05) is 18.6 Å². The van der Waals surface area contributed by atoms with E-state index in [2.05, 4.69) is 25.3 Å². The Hall–Kier alpha value is -1.08. The summed E-state index contributed by atoms with van der Waals surface area (Å²) in [7, 11) is 0. The second-order valence-corrected chi connectivity index (χ2v) is 8.87. The van der Waals surface area contributed by atoms with Gasteiger partial charge in [0.05, 0.1) is 19.3 Å². The number of fused-ring (bicyclic) bond motifs is 4. The number of hydrogen-bond donors (Lipinski definition) is 1. The number of aliphatic hydroxyl groups is 1. The van der Waals surface area contributed by atoms with E-state index in [1.807, 2.05) is 0 Å².